The molecule has 0 radical (unpaired) electrons. The van der Waals surface area contributed by atoms with E-state index in [0.717, 1.165) is 38.4 Å². The summed E-state index contributed by atoms with van der Waals surface area (Å²) in [5.74, 6) is 0.477. The van der Waals surface area contributed by atoms with Gasteiger partial charge >= 0.3 is 0 Å². The Morgan fingerprint density at radius 2 is 2.24 bits per heavy atom. The molecule has 2 aromatic rings. The van der Waals surface area contributed by atoms with Gasteiger partial charge in [0.05, 0.1) is 31.1 Å². The van der Waals surface area contributed by atoms with Crippen LogP contribution < -0.4 is 5.32 Å². The topological polar surface area (TPSA) is 66.1 Å². The average molecular weight is 347 g/mol. The van der Waals surface area contributed by atoms with E-state index < -0.39 is 0 Å². The highest BCUT2D eigenvalue weighted by Gasteiger charge is 2.33. The van der Waals surface area contributed by atoms with Gasteiger partial charge in [-0.25, -0.2) is 0 Å². The van der Waals surface area contributed by atoms with Crippen LogP contribution in [-0.4, -0.2) is 46.4 Å². The first-order chi connectivity index (χ1) is 12.1. The van der Waals surface area contributed by atoms with E-state index in [0.29, 0.717) is 12.5 Å². The lowest BCUT2D eigenvalue weighted by Crippen LogP contribution is -2.25. The average Bonchev–Trinajstić information content (AvgIpc) is 3.28. The molecule has 1 fully saturated rings. The van der Waals surface area contributed by atoms with Gasteiger partial charge in [-0.3, -0.25) is 9.36 Å². The number of hydrogen-bond donors (Lipinski definition) is 1. The molecule has 2 atom stereocenters. The van der Waals surface area contributed by atoms with E-state index in [4.69, 9.17) is 9.47 Å². The van der Waals surface area contributed by atoms with Crippen LogP contribution in [0.25, 0.3) is 0 Å². The first-order valence-electron chi connectivity index (χ1n) is 8.92. The lowest BCUT2D eigenvalue weighted by molar-refractivity contribution is 0.0893. The number of nitrogens with zero attached hydrogens (tertiary/aromatic N) is 4. The number of methoxy groups -OCH3 is 1. The molecule has 138 valence electrons. The fourth-order valence-corrected chi connectivity index (χ4v) is 3.57. The zero-order valence-corrected chi connectivity index (χ0v) is 15.7. The SMILES string of the molecule is COCCn1cc(CNCC2CCOC2c2c(C)nn(C)c2C)cn1. The number of aryl methyl sites for hydroxylation is 2. The largest absolute Gasteiger partial charge is 0.383 e. The molecule has 1 saturated heterocycles. The molecule has 3 heterocycles. The van der Waals surface area contributed by atoms with E-state index in [1.165, 1.54) is 16.8 Å². The van der Waals surface area contributed by atoms with Crippen molar-refractivity contribution in [2.45, 2.75) is 39.5 Å². The minimum atomic E-state index is 0.144. The lowest BCUT2D eigenvalue weighted by Gasteiger charge is -2.19. The van der Waals surface area contributed by atoms with Crippen molar-refractivity contribution in [3.05, 3.63) is 34.9 Å². The molecule has 1 N–H and O–H groups in total. The Kier molecular flexibility index (Phi) is 5.88. The fourth-order valence-electron chi connectivity index (χ4n) is 3.57. The van der Waals surface area contributed by atoms with Gasteiger partial charge in [0.25, 0.3) is 0 Å². The van der Waals surface area contributed by atoms with Crippen LogP contribution >= 0.6 is 0 Å². The zero-order chi connectivity index (χ0) is 17.8. The maximum atomic E-state index is 6.05. The van der Waals surface area contributed by atoms with Crippen molar-refractivity contribution >= 4 is 0 Å². The molecule has 2 unspecified atom stereocenters. The zero-order valence-electron chi connectivity index (χ0n) is 15.7. The summed E-state index contributed by atoms with van der Waals surface area (Å²) < 4.78 is 15.0. The summed E-state index contributed by atoms with van der Waals surface area (Å²) in [6.07, 6.45) is 5.22. The van der Waals surface area contributed by atoms with Crippen molar-refractivity contribution < 1.29 is 9.47 Å². The number of hydrogen-bond acceptors (Lipinski definition) is 5. The first-order valence-corrected chi connectivity index (χ1v) is 8.92. The summed E-state index contributed by atoms with van der Waals surface area (Å²) in [5, 5.41) is 12.5. The van der Waals surface area contributed by atoms with Gasteiger partial charge in [0.15, 0.2) is 0 Å². The first kappa shape index (κ1) is 18.1. The molecule has 7 nitrogen and oxygen atoms in total. The molecular weight excluding hydrogens is 318 g/mol. The second-order valence-corrected chi connectivity index (χ2v) is 6.78. The molecule has 3 rings (SSSR count). The monoisotopic (exact) mass is 347 g/mol. The third-order valence-electron chi connectivity index (χ3n) is 5.01. The molecule has 25 heavy (non-hydrogen) atoms. The van der Waals surface area contributed by atoms with Gasteiger partial charge in [0.1, 0.15) is 0 Å². The van der Waals surface area contributed by atoms with Crippen LogP contribution in [-0.2, 0) is 29.6 Å². The van der Waals surface area contributed by atoms with Crippen LogP contribution in [0.4, 0.5) is 0 Å². The number of nitrogens with one attached hydrogen (secondary N) is 1. The Morgan fingerprint density at radius 3 is 2.96 bits per heavy atom. The Bertz CT molecular complexity index is 694. The molecule has 1 aliphatic rings. The van der Waals surface area contributed by atoms with Crippen molar-refractivity contribution in [2.75, 3.05) is 26.9 Å². The Morgan fingerprint density at radius 1 is 1.40 bits per heavy atom. The normalized spacial score (nSPS) is 20.5. The molecular formula is C18H29N5O2. The lowest BCUT2D eigenvalue weighted by atomic mass is 9.94. The summed E-state index contributed by atoms with van der Waals surface area (Å²) >= 11 is 0. The van der Waals surface area contributed by atoms with Gasteiger partial charge in [-0.2, -0.15) is 10.2 Å². The van der Waals surface area contributed by atoms with Gasteiger partial charge in [-0.15, -0.1) is 0 Å². The smallest absolute Gasteiger partial charge is 0.0901 e. The quantitative estimate of drug-likeness (QED) is 0.788. The predicted molar refractivity (Wildman–Crippen MR) is 95.3 cm³/mol. The standard InChI is InChI=1S/C18H29N5O2/c1-13-17(14(2)22(3)21-13)18-16(5-7-25-18)11-19-9-15-10-20-23(12-15)6-8-24-4/h10,12,16,18-19H,5-9,11H2,1-4H3. The molecule has 1 aliphatic heterocycles. The van der Waals surface area contributed by atoms with Crippen LogP contribution in [0, 0.1) is 19.8 Å². The van der Waals surface area contributed by atoms with Crippen molar-refractivity contribution in [2.24, 2.45) is 13.0 Å². The second kappa shape index (κ2) is 8.12. The highest BCUT2D eigenvalue weighted by Crippen LogP contribution is 2.37. The van der Waals surface area contributed by atoms with E-state index in [1.54, 1.807) is 7.11 Å². The summed E-state index contributed by atoms with van der Waals surface area (Å²) in [7, 11) is 3.70. The van der Waals surface area contributed by atoms with Crippen molar-refractivity contribution in [1.29, 1.82) is 0 Å². The molecule has 0 aromatic carbocycles. The minimum absolute atomic E-state index is 0.144. The summed E-state index contributed by atoms with van der Waals surface area (Å²) in [4.78, 5) is 0. The van der Waals surface area contributed by atoms with Gasteiger partial charge < -0.3 is 14.8 Å². The number of rotatable bonds is 8. The predicted octanol–water partition coefficient (Wildman–Crippen LogP) is 1.75. The molecule has 2 aromatic heterocycles. The summed E-state index contributed by atoms with van der Waals surface area (Å²) in [5.41, 5.74) is 4.74. The minimum Gasteiger partial charge on any atom is -0.383 e. The summed E-state index contributed by atoms with van der Waals surface area (Å²) in [6.45, 7) is 8.23. The maximum absolute atomic E-state index is 6.05. The van der Waals surface area contributed by atoms with Crippen LogP contribution in [0.3, 0.4) is 0 Å². The van der Waals surface area contributed by atoms with E-state index in [-0.39, 0.29) is 6.10 Å². The molecule has 0 amide bonds. The summed E-state index contributed by atoms with van der Waals surface area (Å²) in [6, 6.07) is 0. The maximum Gasteiger partial charge on any atom is 0.0901 e. The number of aromatic nitrogens is 4. The van der Waals surface area contributed by atoms with E-state index in [9.17, 15) is 0 Å². The van der Waals surface area contributed by atoms with Crippen molar-refractivity contribution in [1.82, 2.24) is 24.9 Å². The van der Waals surface area contributed by atoms with Crippen LogP contribution in [0.5, 0.6) is 0 Å². The van der Waals surface area contributed by atoms with E-state index >= 15 is 0 Å². The van der Waals surface area contributed by atoms with Gasteiger partial charge in [0.2, 0.25) is 0 Å². The molecule has 0 saturated carbocycles. The van der Waals surface area contributed by atoms with E-state index in [2.05, 4.69) is 35.6 Å². The molecule has 0 bridgehead atoms. The molecule has 7 heteroatoms. The van der Waals surface area contributed by atoms with Crippen molar-refractivity contribution in [3.63, 3.8) is 0 Å². The van der Waals surface area contributed by atoms with Gasteiger partial charge in [-0.05, 0) is 20.3 Å². The highest BCUT2D eigenvalue weighted by atomic mass is 16.5. The third-order valence-corrected chi connectivity index (χ3v) is 5.01. The Hall–Kier alpha value is -1.70. The van der Waals surface area contributed by atoms with Crippen LogP contribution in [0.1, 0.15) is 35.0 Å². The number of ether oxygens (including phenoxy) is 2. The van der Waals surface area contributed by atoms with Gasteiger partial charge in [0, 0.05) is 62.8 Å². The van der Waals surface area contributed by atoms with Crippen LogP contribution in [0.15, 0.2) is 12.4 Å². The third kappa shape index (κ3) is 4.11. The second-order valence-electron chi connectivity index (χ2n) is 6.78. The molecule has 0 spiro atoms. The highest BCUT2D eigenvalue weighted by molar-refractivity contribution is 5.28. The Labute approximate surface area is 149 Å². The molecule has 0 aliphatic carbocycles. The fraction of sp³-hybridized carbons (Fsp3) is 0.667. The Balaban J connectivity index is 1.54. The van der Waals surface area contributed by atoms with E-state index in [1.807, 2.05) is 22.6 Å². The van der Waals surface area contributed by atoms with Crippen molar-refractivity contribution in [3.8, 4) is 0 Å². The van der Waals surface area contributed by atoms with Gasteiger partial charge in [-0.1, -0.05) is 0 Å². The van der Waals surface area contributed by atoms with Crippen LogP contribution in [0.2, 0.25) is 0 Å².